The number of nitrogens with zero attached hydrogens (tertiary/aromatic N) is 8. The van der Waals surface area contributed by atoms with Crippen molar-refractivity contribution in [3.8, 4) is 11.5 Å². The molecule has 1 aliphatic rings. The van der Waals surface area contributed by atoms with E-state index in [1.165, 1.54) is 23.8 Å². The van der Waals surface area contributed by atoms with Crippen LogP contribution in [-0.4, -0.2) is 79.8 Å². The molecule has 1 aliphatic heterocycles. The van der Waals surface area contributed by atoms with Crippen molar-refractivity contribution in [2.24, 2.45) is 0 Å². The Morgan fingerprint density at radius 3 is 2.45 bits per heavy atom. The summed E-state index contributed by atoms with van der Waals surface area (Å²) in [6, 6.07) is 9.10. The van der Waals surface area contributed by atoms with E-state index < -0.39 is 17.6 Å². The number of carbonyl (C=O) groups is 1. The topological polar surface area (TPSA) is 120 Å². The quantitative estimate of drug-likeness (QED) is 0.299. The van der Waals surface area contributed by atoms with E-state index in [4.69, 9.17) is 15.5 Å². The predicted octanol–water partition coefficient (Wildman–Crippen LogP) is 3.94. The van der Waals surface area contributed by atoms with Crippen molar-refractivity contribution in [1.82, 2.24) is 34.0 Å². The van der Waals surface area contributed by atoms with Crippen molar-refractivity contribution >= 4 is 34.3 Å². The largest absolute Gasteiger partial charge is 0.464 e. The molecule has 11 nitrogen and oxygen atoms in total. The fourth-order valence-electron chi connectivity index (χ4n) is 5.28. The molecule has 0 bridgehead atoms. The number of methoxy groups -OCH3 is 1. The second-order valence-electron chi connectivity index (χ2n) is 9.60. The van der Waals surface area contributed by atoms with Crippen molar-refractivity contribution in [3.05, 3.63) is 65.5 Å². The molecule has 1 aromatic carbocycles. The Kier molecular flexibility index (Phi) is 8.29. The lowest BCUT2D eigenvalue weighted by molar-refractivity contribution is 0.0587. The second-order valence-corrected chi connectivity index (χ2v) is 9.60. The number of hydrogen-bond acceptors (Lipinski definition) is 9. The second kappa shape index (κ2) is 12.1. The predicted molar refractivity (Wildman–Crippen MR) is 156 cm³/mol. The van der Waals surface area contributed by atoms with E-state index in [0.717, 1.165) is 6.07 Å². The molecule has 0 spiro atoms. The molecule has 42 heavy (non-hydrogen) atoms. The van der Waals surface area contributed by atoms with Gasteiger partial charge in [-0.25, -0.2) is 18.6 Å². The van der Waals surface area contributed by atoms with Gasteiger partial charge in [-0.15, -0.1) is 5.10 Å². The molecule has 0 radical (unpaired) electrons. The summed E-state index contributed by atoms with van der Waals surface area (Å²) in [5.41, 5.74) is 9.30. The first-order chi connectivity index (χ1) is 20.4. The van der Waals surface area contributed by atoms with Gasteiger partial charge in [0.2, 0.25) is 11.8 Å². The van der Waals surface area contributed by atoms with E-state index >= 15 is 0 Å². The Hall–Kier alpha value is -4.65. The minimum Gasteiger partial charge on any atom is -0.464 e. The van der Waals surface area contributed by atoms with Crippen LogP contribution < -0.4 is 10.6 Å². The van der Waals surface area contributed by atoms with Crippen molar-refractivity contribution < 1.29 is 18.3 Å². The molecular weight excluding hydrogens is 544 g/mol. The van der Waals surface area contributed by atoms with Crippen LogP contribution in [0.5, 0.6) is 0 Å². The van der Waals surface area contributed by atoms with Gasteiger partial charge in [0.15, 0.2) is 5.65 Å². The Morgan fingerprint density at radius 1 is 1.02 bits per heavy atom. The summed E-state index contributed by atoms with van der Waals surface area (Å²) in [7, 11) is 1.34. The highest BCUT2D eigenvalue weighted by molar-refractivity contribution is 6.03. The first-order valence-corrected chi connectivity index (χ1v) is 13.8. The highest BCUT2D eigenvalue weighted by Gasteiger charge is 2.27. The Bertz CT molecular complexity index is 1730. The van der Waals surface area contributed by atoms with Crippen LogP contribution >= 0.6 is 0 Å². The number of benzene rings is 1. The van der Waals surface area contributed by atoms with Crippen LogP contribution in [-0.2, 0) is 11.3 Å². The van der Waals surface area contributed by atoms with Gasteiger partial charge in [0.05, 0.1) is 18.2 Å². The molecule has 0 amide bonds. The van der Waals surface area contributed by atoms with Crippen LogP contribution in [0.3, 0.4) is 0 Å². The minimum absolute atomic E-state index is 0.127. The van der Waals surface area contributed by atoms with Gasteiger partial charge in [0.1, 0.15) is 28.7 Å². The lowest BCUT2D eigenvalue weighted by Gasteiger charge is -2.36. The molecule has 220 valence electrons. The third-order valence-corrected chi connectivity index (χ3v) is 7.28. The van der Waals surface area contributed by atoms with Gasteiger partial charge in [0, 0.05) is 51.5 Å². The van der Waals surface area contributed by atoms with Crippen molar-refractivity contribution in [2.45, 2.75) is 27.3 Å². The molecule has 2 N–H and O–H groups in total. The van der Waals surface area contributed by atoms with E-state index in [-0.39, 0.29) is 5.95 Å². The van der Waals surface area contributed by atoms with E-state index in [9.17, 15) is 13.6 Å². The third-order valence-electron chi connectivity index (χ3n) is 7.28. The van der Waals surface area contributed by atoms with Crippen LogP contribution in [0.4, 0.5) is 20.4 Å². The fourth-order valence-corrected chi connectivity index (χ4v) is 5.28. The zero-order chi connectivity index (χ0) is 30.0. The number of halogens is 2. The maximum atomic E-state index is 14.3. The zero-order valence-corrected chi connectivity index (χ0v) is 24.0. The van der Waals surface area contributed by atoms with E-state index in [1.54, 1.807) is 18.3 Å². The van der Waals surface area contributed by atoms with Crippen molar-refractivity contribution in [1.29, 1.82) is 0 Å². The van der Waals surface area contributed by atoms with Gasteiger partial charge in [-0.1, -0.05) is 19.9 Å². The minimum atomic E-state index is -0.596. The normalized spacial score (nSPS) is 13.8. The van der Waals surface area contributed by atoms with Crippen LogP contribution in [0.1, 0.15) is 29.9 Å². The molecule has 0 unspecified atom stereocenters. The number of pyridine rings is 1. The molecule has 1 saturated heterocycles. The number of fused-ring (bicyclic) bond motifs is 3. The Morgan fingerprint density at radius 2 is 1.79 bits per heavy atom. The standard InChI is InChI=1S/C27H27F2N9O2.C2H6/c1-16-21-24(33-27(30)38-25(21)32-23(34-38)19-5-3-4-8-31-19)37(22(16)26(39)40-2)14-11-35-9-12-36(13-10-35)20-7-6-17(28)15-18(20)29;1-2/h3-8,15H,9-14H2,1-2H3,(H2,30,33);1-2H3. The van der Waals surface area contributed by atoms with Gasteiger partial charge in [0.25, 0.3) is 0 Å². The van der Waals surface area contributed by atoms with Crippen LogP contribution in [0.15, 0.2) is 42.6 Å². The van der Waals surface area contributed by atoms with Gasteiger partial charge in [-0.2, -0.15) is 9.50 Å². The smallest absolute Gasteiger partial charge is 0.355 e. The van der Waals surface area contributed by atoms with Gasteiger partial charge in [-0.05, 0) is 36.8 Å². The van der Waals surface area contributed by atoms with Crippen LogP contribution in [0, 0.1) is 18.6 Å². The number of nitrogens with two attached hydrogens (primary N) is 1. The average Bonchev–Trinajstić information content (AvgIpc) is 3.57. The summed E-state index contributed by atoms with van der Waals surface area (Å²) >= 11 is 0. The molecule has 5 heterocycles. The van der Waals surface area contributed by atoms with Gasteiger partial charge >= 0.3 is 5.97 Å². The number of aryl methyl sites for hydroxylation is 1. The molecule has 1 fully saturated rings. The monoisotopic (exact) mass is 577 g/mol. The highest BCUT2D eigenvalue weighted by Crippen LogP contribution is 2.31. The molecule has 0 aliphatic carbocycles. The summed E-state index contributed by atoms with van der Waals surface area (Å²) < 4.78 is 36.0. The zero-order valence-electron chi connectivity index (χ0n) is 24.0. The van der Waals surface area contributed by atoms with Crippen molar-refractivity contribution in [2.75, 3.05) is 50.5 Å². The number of hydrogen-bond donors (Lipinski definition) is 1. The van der Waals surface area contributed by atoms with Crippen LogP contribution in [0.25, 0.3) is 28.2 Å². The number of rotatable bonds is 6. The summed E-state index contributed by atoms with van der Waals surface area (Å²) in [6.07, 6.45) is 1.66. The first-order valence-electron chi connectivity index (χ1n) is 13.8. The van der Waals surface area contributed by atoms with E-state index in [0.29, 0.717) is 84.4 Å². The lowest BCUT2D eigenvalue weighted by atomic mass is 10.2. The molecule has 0 saturated carbocycles. The number of anilines is 2. The summed E-state index contributed by atoms with van der Waals surface area (Å²) in [4.78, 5) is 30.7. The van der Waals surface area contributed by atoms with Crippen molar-refractivity contribution in [3.63, 3.8) is 0 Å². The molecule has 13 heteroatoms. The number of piperazine rings is 1. The Balaban J connectivity index is 0.00000173. The molecule has 5 aromatic rings. The average molecular weight is 578 g/mol. The maximum Gasteiger partial charge on any atom is 0.355 e. The highest BCUT2D eigenvalue weighted by atomic mass is 19.1. The van der Waals surface area contributed by atoms with Gasteiger partial charge in [-0.3, -0.25) is 9.88 Å². The number of esters is 1. The number of carbonyl (C=O) groups excluding carboxylic acids is 1. The summed E-state index contributed by atoms with van der Waals surface area (Å²) in [5, 5.41) is 5.16. The molecular formula is C29H33F2N9O2. The number of ether oxygens (including phenoxy) is 1. The number of nitrogen functional groups attached to an aromatic ring is 1. The van der Waals surface area contributed by atoms with Gasteiger partial charge < -0.3 is 19.9 Å². The van der Waals surface area contributed by atoms with Crippen LogP contribution in [0.2, 0.25) is 0 Å². The molecule has 4 aromatic heterocycles. The first kappa shape index (κ1) is 28.9. The molecule has 6 rings (SSSR count). The third kappa shape index (κ3) is 5.22. The molecule has 0 atom stereocenters. The summed E-state index contributed by atoms with van der Waals surface area (Å²) in [5.74, 6) is -1.14. The Labute approximate surface area is 241 Å². The summed E-state index contributed by atoms with van der Waals surface area (Å²) in [6.45, 7) is 9.36. The lowest BCUT2D eigenvalue weighted by Crippen LogP contribution is -2.47. The fraction of sp³-hybridized carbons (Fsp3) is 0.345. The number of aromatic nitrogens is 6. The van der Waals surface area contributed by atoms with E-state index in [1.807, 2.05) is 36.3 Å². The van der Waals surface area contributed by atoms with E-state index in [2.05, 4.69) is 20.0 Å². The SMILES string of the molecule is CC.COC(=O)c1c(C)c2c(nc(N)n3nc(-c4ccccn4)nc23)n1CCN1CCN(c2ccc(F)cc2F)CC1. The maximum absolute atomic E-state index is 14.3.